The van der Waals surface area contributed by atoms with Crippen LogP contribution in [0.4, 0.5) is 0 Å². The predicted molar refractivity (Wildman–Crippen MR) is 67.8 cm³/mol. The molecule has 0 aliphatic heterocycles. The van der Waals surface area contributed by atoms with E-state index in [-0.39, 0.29) is 0 Å². The molecule has 86 valence electrons. The molecule has 0 fully saturated rings. The Hall–Kier alpha value is -1.62. The molecule has 0 spiro atoms. The molecular weight excluding hydrogens is 282 g/mol. The number of hydrogen-bond donors (Lipinski definition) is 0. The second kappa shape index (κ2) is 4.00. The molecule has 0 amide bonds. The smallest absolute Gasteiger partial charge is 0.246 e. The Kier molecular flexibility index (Phi) is 2.48. The van der Waals surface area contributed by atoms with E-state index in [1.807, 2.05) is 19.2 Å². The highest BCUT2D eigenvalue weighted by Crippen LogP contribution is 2.21. The topological polar surface area (TPSA) is 43.9 Å². The molecular formula is C12H10BrN3O. The average molecular weight is 292 g/mol. The van der Waals surface area contributed by atoms with Crippen molar-refractivity contribution in [2.75, 3.05) is 0 Å². The van der Waals surface area contributed by atoms with Gasteiger partial charge >= 0.3 is 0 Å². The van der Waals surface area contributed by atoms with Crippen LogP contribution in [0.1, 0.15) is 11.7 Å². The zero-order chi connectivity index (χ0) is 11.8. The Labute approximate surface area is 106 Å². The molecule has 3 aromatic rings. The number of aryl methyl sites for hydroxylation is 1. The van der Waals surface area contributed by atoms with E-state index in [0.29, 0.717) is 18.3 Å². The van der Waals surface area contributed by atoms with Gasteiger partial charge < -0.3 is 9.09 Å². The highest BCUT2D eigenvalue weighted by Gasteiger charge is 2.06. The first-order chi connectivity index (χ1) is 8.22. The minimum absolute atomic E-state index is 0.603. The van der Waals surface area contributed by atoms with Crippen molar-refractivity contribution in [1.29, 1.82) is 0 Å². The largest absolute Gasteiger partial charge is 0.338 e. The number of hydrogen-bond acceptors (Lipinski definition) is 3. The van der Waals surface area contributed by atoms with Gasteiger partial charge in [-0.25, -0.2) is 0 Å². The van der Waals surface area contributed by atoms with E-state index >= 15 is 0 Å². The fraction of sp³-hybridized carbons (Fsp3) is 0.167. The number of aromatic nitrogens is 3. The molecule has 0 atom stereocenters. The summed E-state index contributed by atoms with van der Waals surface area (Å²) in [6.45, 7) is 2.42. The fourth-order valence-electron chi connectivity index (χ4n) is 1.86. The average Bonchev–Trinajstić information content (AvgIpc) is 2.86. The van der Waals surface area contributed by atoms with Gasteiger partial charge in [-0.2, -0.15) is 4.98 Å². The van der Waals surface area contributed by atoms with E-state index in [2.05, 4.69) is 48.8 Å². The lowest BCUT2D eigenvalue weighted by Gasteiger charge is -2.01. The van der Waals surface area contributed by atoms with E-state index in [4.69, 9.17) is 4.52 Å². The highest BCUT2D eigenvalue weighted by molar-refractivity contribution is 9.10. The maximum absolute atomic E-state index is 5.12. The van der Waals surface area contributed by atoms with Crippen molar-refractivity contribution < 1.29 is 4.52 Å². The molecule has 2 aromatic heterocycles. The third-order valence-corrected chi connectivity index (χ3v) is 3.10. The quantitative estimate of drug-likeness (QED) is 0.728. The predicted octanol–water partition coefficient (Wildman–Crippen LogP) is 3.14. The molecule has 0 bridgehead atoms. The molecule has 4 nitrogen and oxygen atoms in total. The summed E-state index contributed by atoms with van der Waals surface area (Å²) in [5, 5.41) is 4.97. The van der Waals surface area contributed by atoms with Gasteiger partial charge in [0.1, 0.15) is 6.54 Å². The van der Waals surface area contributed by atoms with Gasteiger partial charge in [-0.05, 0) is 31.2 Å². The van der Waals surface area contributed by atoms with Gasteiger partial charge in [-0.15, -0.1) is 0 Å². The number of benzene rings is 1. The van der Waals surface area contributed by atoms with Crippen molar-refractivity contribution in [2.45, 2.75) is 13.5 Å². The summed E-state index contributed by atoms with van der Waals surface area (Å²) in [5.41, 5.74) is 1.16. The van der Waals surface area contributed by atoms with Gasteiger partial charge in [0, 0.05) is 21.6 Å². The van der Waals surface area contributed by atoms with Crippen LogP contribution in [0.25, 0.3) is 10.9 Å². The van der Waals surface area contributed by atoms with Crippen LogP contribution in [-0.2, 0) is 6.54 Å². The van der Waals surface area contributed by atoms with Crippen LogP contribution < -0.4 is 0 Å². The van der Waals surface area contributed by atoms with E-state index < -0.39 is 0 Å². The van der Waals surface area contributed by atoms with Gasteiger partial charge in [0.25, 0.3) is 0 Å². The monoisotopic (exact) mass is 291 g/mol. The van der Waals surface area contributed by atoms with Crippen molar-refractivity contribution in [3.05, 3.63) is 46.7 Å². The molecule has 2 heterocycles. The van der Waals surface area contributed by atoms with E-state index in [1.165, 1.54) is 5.39 Å². The van der Waals surface area contributed by atoms with Gasteiger partial charge in [0.05, 0.1) is 0 Å². The zero-order valence-corrected chi connectivity index (χ0v) is 10.8. The number of rotatable bonds is 2. The molecule has 0 saturated heterocycles. The number of nitrogens with zero attached hydrogens (tertiary/aromatic N) is 3. The van der Waals surface area contributed by atoms with Crippen molar-refractivity contribution in [1.82, 2.24) is 14.7 Å². The lowest BCUT2D eigenvalue weighted by molar-refractivity contribution is 0.369. The summed E-state index contributed by atoms with van der Waals surface area (Å²) < 4.78 is 8.29. The minimum Gasteiger partial charge on any atom is -0.338 e. The maximum Gasteiger partial charge on any atom is 0.246 e. The van der Waals surface area contributed by atoms with Crippen molar-refractivity contribution >= 4 is 26.8 Å². The number of fused-ring (bicyclic) bond motifs is 1. The Morgan fingerprint density at radius 1 is 1.35 bits per heavy atom. The molecule has 0 aliphatic carbocycles. The normalized spacial score (nSPS) is 11.2. The first-order valence-corrected chi connectivity index (χ1v) is 6.05. The molecule has 17 heavy (non-hydrogen) atoms. The SMILES string of the molecule is Cc1noc(Cn2ccc3cc(Br)ccc32)n1. The number of halogens is 1. The van der Waals surface area contributed by atoms with Crippen LogP contribution in [0.2, 0.25) is 0 Å². The molecule has 0 saturated carbocycles. The van der Waals surface area contributed by atoms with Crippen LogP contribution in [0.5, 0.6) is 0 Å². The second-order valence-electron chi connectivity index (χ2n) is 3.88. The molecule has 0 unspecified atom stereocenters. The molecule has 0 radical (unpaired) electrons. The van der Waals surface area contributed by atoms with Crippen LogP contribution in [0.15, 0.2) is 39.5 Å². The maximum atomic E-state index is 5.12. The van der Waals surface area contributed by atoms with Crippen LogP contribution >= 0.6 is 15.9 Å². The Bertz CT molecular complexity index is 671. The third-order valence-electron chi connectivity index (χ3n) is 2.61. The molecule has 0 aliphatic rings. The molecule has 1 aromatic carbocycles. The minimum atomic E-state index is 0.603. The van der Waals surface area contributed by atoms with Crippen LogP contribution in [0, 0.1) is 6.92 Å². The van der Waals surface area contributed by atoms with Crippen molar-refractivity contribution in [3.8, 4) is 0 Å². The van der Waals surface area contributed by atoms with E-state index in [0.717, 1.165) is 9.99 Å². The van der Waals surface area contributed by atoms with Gasteiger partial charge in [-0.3, -0.25) is 0 Å². The van der Waals surface area contributed by atoms with Crippen LogP contribution in [-0.4, -0.2) is 14.7 Å². The lowest BCUT2D eigenvalue weighted by Crippen LogP contribution is -1.97. The van der Waals surface area contributed by atoms with Gasteiger partial charge in [0.2, 0.25) is 5.89 Å². The highest BCUT2D eigenvalue weighted by atomic mass is 79.9. The van der Waals surface area contributed by atoms with Crippen molar-refractivity contribution in [3.63, 3.8) is 0 Å². The van der Waals surface area contributed by atoms with Gasteiger partial charge in [-0.1, -0.05) is 21.1 Å². The third kappa shape index (κ3) is 1.98. The Morgan fingerprint density at radius 2 is 2.24 bits per heavy atom. The summed E-state index contributed by atoms with van der Waals surface area (Å²) in [5.74, 6) is 1.29. The van der Waals surface area contributed by atoms with Gasteiger partial charge in [0.15, 0.2) is 5.82 Å². The summed E-state index contributed by atoms with van der Waals surface area (Å²) >= 11 is 3.46. The molecule has 3 rings (SSSR count). The summed E-state index contributed by atoms with van der Waals surface area (Å²) in [6.07, 6.45) is 2.02. The Morgan fingerprint density at radius 3 is 3.00 bits per heavy atom. The van der Waals surface area contributed by atoms with Crippen molar-refractivity contribution in [2.24, 2.45) is 0 Å². The fourth-order valence-corrected chi connectivity index (χ4v) is 2.24. The summed E-state index contributed by atoms with van der Waals surface area (Å²) in [6, 6.07) is 8.26. The summed E-state index contributed by atoms with van der Waals surface area (Å²) in [4.78, 5) is 4.20. The second-order valence-corrected chi connectivity index (χ2v) is 4.80. The van der Waals surface area contributed by atoms with E-state index in [9.17, 15) is 0 Å². The molecule has 0 N–H and O–H groups in total. The standard InChI is InChI=1S/C12H10BrN3O/c1-8-14-12(17-15-8)7-16-5-4-9-6-10(13)2-3-11(9)16/h2-6H,7H2,1H3. The molecule has 5 heteroatoms. The first kappa shape index (κ1) is 10.5. The van der Waals surface area contributed by atoms with E-state index in [1.54, 1.807) is 0 Å². The summed E-state index contributed by atoms with van der Waals surface area (Å²) in [7, 11) is 0. The zero-order valence-electron chi connectivity index (χ0n) is 9.22. The van der Waals surface area contributed by atoms with Crippen LogP contribution in [0.3, 0.4) is 0 Å². The first-order valence-electron chi connectivity index (χ1n) is 5.26. The Balaban J connectivity index is 2.00. The lowest BCUT2D eigenvalue weighted by atomic mass is 10.2.